The molecule has 0 aromatic carbocycles. The Kier molecular flexibility index (Phi) is 6.19. The second kappa shape index (κ2) is 8.60. The van der Waals surface area contributed by atoms with E-state index in [2.05, 4.69) is 20.6 Å². The van der Waals surface area contributed by atoms with Crippen LogP contribution in [-0.4, -0.2) is 42.0 Å². The van der Waals surface area contributed by atoms with Crippen molar-refractivity contribution in [3.63, 3.8) is 0 Å². The SMILES string of the molecule is COCCNC(=O)c1cc(C(=O)NCc2ccccn2)ccn1. The van der Waals surface area contributed by atoms with E-state index in [1.54, 1.807) is 19.4 Å². The van der Waals surface area contributed by atoms with Gasteiger partial charge in [0.25, 0.3) is 11.8 Å². The largest absolute Gasteiger partial charge is 0.383 e. The summed E-state index contributed by atoms with van der Waals surface area (Å²) in [5, 5.41) is 5.41. The molecule has 0 aliphatic heterocycles. The fourth-order valence-electron chi connectivity index (χ4n) is 1.83. The molecule has 0 aliphatic carbocycles. The number of methoxy groups -OCH3 is 1. The normalized spacial score (nSPS) is 10.1. The highest BCUT2D eigenvalue weighted by Crippen LogP contribution is 2.03. The number of nitrogens with one attached hydrogen (secondary N) is 2. The van der Waals surface area contributed by atoms with Gasteiger partial charge in [-0.2, -0.15) is 0 Å². The molecule has 2 aromatic rings. The quantitative estimate of drug-likeness (QED) is 0.737. The lowest BCUT2D eigenvalue weighted by Crippen LogP contribution is -2.28. The number of aromatic nitrogens is 2. The molecule has 0 unspecified atom stereocenters. The summed E-state index contributed by atoms with van der Waals surface area (Å²) in [5.41, 5.74) is 1.31. The van der Waals surface area contributed by atoms with Crippen molar-refractivity contribution in [2.24, 2.45) is 0 Å². The van der Waals surface area contributed by atoms with Gasteiger partial charge in [0, 0.05) is 31.6 Å². The van der Waals surface area contributed by atoms with Crippen LogP contribution in [0.1, 0.15) is 26.5 Å². The molecule has 7 nitrogen and oxygen atoms in total. The number of hydrogen-bond acceptors (Lipinski definition) is 5. The Bertz CT molecular complexity index is 661. The van der Waals surface area contributed by atoms with Crippen LogP contribution >= 0.6 is 0 Å². The lowest BCUT2D eigenvalue weighted by molar-refractivity contribution is 0.0932. The van der Waals surface area contributed by atoms with E-state index in [1.807, 2.05) is 18.2 Å². The smallest absolute Gasteiger partial charge is 0.269 e. The second-order valence-corrected chi connectivity index (χ2v) is 4.68. The summed E-state index contributed by atoms with van der Waals surface area (Å²) in [5.74, 6) is -0.634. The molecule has 2 N–H and O–H groups in total. The van der Waals surface area contributed by atoms with Gasteiger partial charge >= 0.3 is 0 Å². The molecule has 0 saturated heterocycles. The van der Waals surface area contributed by atoms with Gasteiger partial charge < -0.3 is 15.4 Å². The van der Waals surface area contributed by atoms with Crippen molar-refractivity contribution in [3.8, 4) is 0 Å². The lowest BCUT2D eigenvalue weighted by atomic mass is 10.2. The zero-order valence-electron chi connectivity index (χ0n) is 12.8. The number of hydrogen-bond donors (Lipinski definition) is 2. The number of carbonyl (C=O) groups is 2. The molecule has 0 spiro atoms. The van der Waals surface area contributed by atoms with Crippen molar-refractivity contribution in [1.29, 1.82) is 0 Å². The molecule has 0 saturated carbocycles. The monoisotopic (exact) mass is 314 g/mol. The lowest BCUT2D eigenvalue weighted by Gasteiger charge is -2.07. The fourth-order valence-corrected chi connectivity index (χ4v) is 1.83. The molecule has 120 valence electrons. The van der Waals surface area contributed by atoms with E-state index in [9.17, 15) is 9.59 Å². The summed E-state index contributed by atoms with van der Waals surface area (Å²) in [6.07, 6.45) is 3.09. The van der Waals surface area contributed by atoms with Crippen LogP contribution in [-0.2, 0) is 11.3 Å². The van der Waals surface area contributed by atoms with Crippen molar-refractivity contribution in [3.05, 3.63) is 59.7 Å². The Morgan fingerprint density at radius 1 is 1.09 bits per heavy atom. The third-order valence-electron chi connectivity index (χ3n) is 3.00. The first kappa shape index (κ1) is 16.6. The molecule has 0 fully saturated rings. The molecule has 23 heavy (non-hydrogen) atoms. The number of rotatable bonds is 7. The second-order valence-electron chi connectivity index (χ2n) is 4.68. The van der Waals surface area contributed by atoms with E-state index < -0.39 is 0 Å². The summed E-state index contributed by atoms with van der Waals surface area (Å²) in [4.78, 5) is 32.1. The molecular weight excluding hydrogens is 296 g/mol. The van der Waals surface area contributed by atoms with Crippen LogP contribution in [0.4, 0.5) is 0 Å². The predicted octanol–water partition coefficient (Wildman–Crippen LogP) is 0.783. The standard InChI is InChI=1S/C16H18N4O3/c1-23-9-8-19-16(22)14-10-12(5-7-18-14)15(21)20-11-13-4-2-3-6-17-13/h2-7,10H,8-9,11H2,1H3,(H,19,22)(H,20,21). The molecule has 2 amide bonds. The number of ether oxygens (including phenoxy) is 1. The first-order valence-electron chi connectivity index (χ1n) is 7.12. The third kappa shape index (κ3) is 5.15. The van der Waals surface area contributed by atoms with Crippen molar-refractivity contribution in [2.45, 2.75) is 6.54 Å². The van der Waals surface area contributed by atoms with E-state index in [-0.39, 0.29) is 17.5 Å². The summed E-state index contributed by atoms with van der Waals surface area (Å²) in [6.45, 7) is 1.11. The first-order valence-corrected chi connectivity index (χ1v) is 7.12. The Balaban J connectivity index is 1.95. The average Bonchev–Trinajstić information content (AvgIpc) is 2.61. The Morgan fingerprint density at radius 2 is 1.96 bits per heavy atom. The van der Waals surface area contributed by atoms with Crippen LogP contribution in [0.3, 0.4) is 0 Å². The molecule has 0 bridgehead atoms. The Morgan fingerprint density at radius 3 is 2.70 bits per heavy atom. The van der Waals surface area contributed by atoms with E-state index in [0.29, 0.717) is 25.3 Å². The van der Waals surface area contributed by atoms with Gasteiger partial charge in [-0.05, 0) is 24.3 Å². The molecule has 2 aromatic heterocycles. The van der Waals surface area contributed by atoms with Crippen LogP contribution < -0.4 is 10.6 Å². The Hall–Kier alpha value is -2.80. The van der Waals surface area contributed by atoms with E-state index in [0.717, 1.165) is 5.69 Å². The van der Waals surface area contributed by atoms with Crippen molar-refractivity contribution in [1.82, 2.24) is 20.6 Å². The minimum Gasteiger partial charge on any atom is -0.383 e. The average molecular weight is 314 g/mol. The molecule has 7 heteroatoms. The topological polar surface area (TPSA) is 93.2 Å². The molecule has 0 atom stereocenters. The maximum absolute atomic E-state index is 12.1. The maximum Gasteiger partial charge on any atom is 0.269 e. The summed E-state index contributed by atoms with van der Waals surface area (Å²) < 4.78 is 4.86. The van der Waals surface area contributed by atoms with E-state index in [4.69, 9.17) is 4.74 Å². The first-order chi connectivity index (χ1) is 11.2. The summed E-state index contributed by atoms with van der Waals surface area (Å²) >= 11 is 0. The van der Waals surface area contributed by atoms with Gasteiger partial charge in [0.1, 0.15) is 5.69 Å². The van der Waals surface area contributed by atoms with Gasteiger partial charge in [-0.1, -0.05) is 6.07 Å². The van der Waals surface area contributed by atoms with Gasteiger partial charge in [-0.15, -0.1) is 0 Å². The molecule has 2 rings (SSSR count). The van der Waals surface area contributed by atoms with Gasteiger partial charge in [0.2, 0.25) is 0 Å². The zero-order chi connectivity index (χ0) is 16.5. The van der Waals surface area contributed by atoms with Crippen LogP contribution in [0.5, 0.6) is 0 Å². The summed E-state index contributed by atoms with van der Waals surface area (Å²) in [7, 11) is 1.55. The molecule has 0 radical (unpaired) electrons. The van der Waals surface area contributed by atoms with Crippen molar-refractivity contribution >= 4 is 11.8 Å². The number of pyridine rings is 2. The summed E-state index contributed by atoms with van der Waals surface area (Å²) in [6, 6.07) is 8.49. The highest BCUT2D eigenvalue weighted by molar-refractivity contribution is 5.98. The van der Waals surface area contributed by atoms with Crippen LogP contribution in [0, 0.1) is 0 Å². The van der Waals surface area contributed by atoms with Crippen LogP contribution in [0.15, 0.2) is 42.7 Å². The molecule has 2 heterocycles. The van der Waals surface area contributed by atoms with Crippen molar-refractivity contribution < 1.29 is 14.3 Å². The fraction of sp³-hybridized carbons (Fsp3) is 0.250. The number of amides is 2. The maximum atomic E-state index is 12.1. The van der Waals surface area contributed by atoms with Gasteiger partial charge in [-0.3, -0.25) is 19.6 Å². The minimum atomic E-state index is -0.346. The number of carbonyl (C=O) groups excluding carboxylic acids is 2. The highest BCUT2D eigenvalue weighted by Gasteiger charge is 2.11. The van der Waals surface area contributed by atoms with Gasteiger partial charge in [0.05, 0.1) is 18.8 Å². The zero-order valence-corrected chi connectivity index (χ0v) is 12.8. The molecule has 0 aliphatic rings. The van der Waals surface area contributed by atoms with Crippen LogP contribution in [0.25, 0.3) is 0 Å². The van der Waals surface area contributed by atoms with E-state index in [1.165, 1.54) is 12.3 Å². The highest BCUT2D eigenvalue weighted by atomic mass is 16.5. The number of nitrogens with zero attached hydrogens (tertiary/aromatic N) is 2. The third-order valence-corrected chi connectivity index (χ3v) is 3.00. The van der Waals surface area contributed by atoms with Gasteiger partial charge in [0.15, 0.2) is 0 Å². The van der Waals surface area contributed by atoms with Crippen molar-refractivity contribution in [2.75, 3.05) is 20.3 Å². The minimum absolute atomic E-state index is 0.187. The predicted molar refractivity (Wildman–Crippen MR) is 83.9 cm³/mol. The van der Waals surface area contributed by atoms with Gasteiger partial charge in [-0.25, -0.2) is 0 Å². The van der Waals surface area contributed by atoms with Crippen LogP contribution in [0.2, 0.25) is 0 Å². The molecular formula is C16H18N4O3. The van der Waals surface area contributed by atoms with E-state index >= 15 is 0 Å². The Labute approximate surface area is 134 Å².